The number of amides is 1. The zero-order valence-electron chi connectivity index (χ0n) is 12.2. The number of carbonyl (C=O) groups is 1. The summed E-state index contributed by atoms with van der Waals surface area (Å²) in [7, 11) is 0. The zero-order chi connectivity index (χ0) is 16.8. The summed E-state index contributed by atoms with van der Waals surface area (Å²) in [5.41, 5.74) is 0.817. The third-order valence-corrected chi connectivity index (χ3v) is 3.49. The maximum atomic E-state index is 12.3. The summed E-state index contributed by atoms with van der Waals surface area (Å²) in [5, 5.41) is 2.61. The number of hydrogen-bond donors (Lipinski definition) is 1. The molecule has 0 atom stereocenters. The number of halogens is 3. The predicted octanol–water partition coefficient (Wildman–Crippen LogP) is 4.38. The van der Waals surface area contributed by atoms with E-state index >= 15 is 0 Å². The minimum Gasteiger partial charge on any atom is -0.484 e. The van der Waals surface area contributed by atoms with Gasteiger partial charge in [0.05, 0.1) is 0 Å². The van der Waals surface area contributed by atoms with Gasteiger partial charge in [0.2, 0.25) is 0 Å². The van der Waals surface area contributed by atoms with Crippen LogP contribution in [-0.2, 0) is 4.79 Å². The molecule has 0 aromatic heterocycles. The largest absolute Gasteiger partial charge is 0.484 e. The molecular formula is C16H14BrF2NO3. The fourth-order valence-corrected chi connectivity index (χ4v) is 2.10. The average Bonchev–Trinajstić information content (AvgIpc) is 2.50. The van der Waals surface area contributed by atoms with Crippen molar-refractivity contribution in [3.05, 3.63) is 52.5 Å². The fraction of sp³-hybridized carbons (Fsp3) is 0.188. The van der Waals surface area contributed by atoms with Crippen LogP contribution in [0.1, 0.15) is 5.56 Å². The predicted molar refractivity (Wildman–Crippen MR) is 86.1 cm³/mol. The number of nitrogens with one attached hydrogen (secondary N) is 1. The number of ether oxygens (including phenoxy) is 2. The lowest BCUT2D eigenvalue weighted by Crippen LogP contribution is -2.20. The molecule has 122 valence electrons. The van der Waals surface area contributed by atoms with E-state index in [0.29, 0.717) is 17.0 Å². The van der Waals surface area contributed by atoms with E-state index in [2.05, 4.69) is 26.0 Å². The lowest BCUT2D eigenvalue weighted by Gasteiger charge is -2.13. The quantitative estimate of drug-likeness (QED) is 0.802. The van der Waals surface area contributed by atoms with Gasteiger partial charge in [0.25, 0.3) is 5.91 Å². The second-order valence-corrected chi connectivity index (χ2v) is 5.51. The van der Waals surface area contributed by atoms with Crippen LogP contribution in [-0.4, -0.2) is 19.1 Å². The monoisotopic (exact) mass is 385 g/mol. The van der Waals surface area contributed by atoms with Crippen molar-refractivity contribution in [1.82, 2.24) is 0 Å². The Hall–Kier alpha value is -2.15. The van der Waals surface area contributed by atoms with Crippen molar-refractivity contribution in [3.8, 4) is 11.5 Å². The number of alkyl halides is 2. The number of hydrogen-bond acceptors (Lipinski definition) is 3. The number of anilines is 1. The van der Waals surface area contributed by atoms with E-state index in [-0.39, 0.29) is 12.4 Å². The van der Waals surface area contributed by atoms with Gasteiger partial charge in [0.15, 0.2) is 6.61 Å². The van der Waals surface area contributed by atoms with E-state index in [1.807, 2.05) is 0 Å². The Balaban J connectivity index is 1.96. The lowest BCUT2D eigenvalue weighted by molar-refractivity contribution is -0.118. The maximum Gasteiger partial charge on any atom is 0.387 e. The molecule has 7 heteroatoms. The highest BCUT2D eigenvalue weighted by atomic mass is 79.9. The molecule has 2 rings (SSSR count). The van der Waals surface area contributed by atoms with Crippen LogP contribution in [0.15, 0.2) is 46.9 Å². The summed E-state index contributed by atoms with van der Waals surface area (Å²) in [6, 6.07) is 11.6. The van der Waals surface area contributed by atoms with E-state index in [1.165, 1.54) is 12.1 Å². The van der Waals surface area contributed by atoms with Gasteiger partial charge >= 0.3 is 6.61 Å². The minimum absolute atomic E-state index is 0.0200. The topological polar surface area (TPSA) is 47.6 Å². The highest BCUT2D eigenvalue weighted by Crippen LogP contribution is 2.26. The van der Waals surface area contributed by atoms with Gasteiger partial charge in [-0.2, -0.15) is 8.78 Å². The second-order valence-electron chi connectivity index (χ2n) is 4.60. The summed E-state index contributed by atoms with van der Waals surface area (Å²) < 4.78 is 35.2. The molecule has 0 spiro atoms. The molecule has 2 aromatic carbocycles. The molecule has 0 aliphatic carbocycles. The number of rotatable bonds is 6. The van der Waals surface area contributed by atoms with E-state index in [4.69, 9.17) is 4.74 Å². The van der Waals surface area contributed by atoms with Crippen molar-refractivity contribution in [2.24, 2.45) is 0 Å². The smallest absolute Gasteiger partial charge is 0.387 e. The number of carbonyl (C=O) groups excluding carboxylic acids is 1. The molecule has 23 heavy (non-hydrogen) atoms. The molecular weight excluding hydrogens is 372 g/mol. The molecule has 0 heterocycles. The van der Waals surface area contributed by atoms with Crippen molar-refractivity contribution in [1.29, 1.82) is 0 Å². The molecule has 0 fully saturated rings. The van der Waals surface area contributed by atoms with Gasteiger partial charge in [-0.1, -0.05) is 22.0 Å². The number of benzene rings is 2. The van der Waals surface area contributed by atoms with Crippen LogP contribution in [0.2, 0.25) is 0 Å². The fourth-order valence-electron chi connectivity index (χ4n) is 1.84. The first-order chi connectivity index (χ1) is 11.0. The average molecular weight is 386 g/mol. The lowest BCUT2D eigenvalue weighted by atomic mass is 10.2. The van der Waals surface area contributed by atoms with E-state index in [0.717, 1.165) is 4.47 Å². The minimum atomic E-state index is -2.92. The van der Waals surface area contributed by atoms with Crippen molar-refractivity contribution >= 4 is 27.5 Å². The molecule has 0 saturated heterocycles. The summed E-state index contributed by atoms with van der Waals surface area (Å²) in [5.74, 6) is 0.173. The van der Waals surface area contributed by atoms with Crippen LogP contribution >= 0.6 is 15.9 Å². The second kappa shape index (κ2) is 7.92. The molecule has 4 nitrogen and oxygen atoms in total. The van der Waals surface area contributed by atoms with Gasteiger partial charge in [-0.3, -0.25) is 4.79 Å². The Morgan fingerprint density at radius 3 is 2.57 bits per heavy atom. The molecule has 1 amide bonds. The van der Waals surface area contributed by atoms with Crippen LogP contribution in [0.25, 0.3) is 0 Å². The van der Waals surface area contributed by atoms with Crippen LogP contribution < -0.4 is 14.8 Å². The van der Waals surface area contributed by atoms with E-state index < -0.39 is 12.5 Å². The first-order valence-corrected chi connectivity index (χ1v) is 7.47. The normalized spacial score (nSPS) is 10.5. The van der Waals surface area contributed by atoms with Gasteiger partial charge in [-0.05, 0) is 43.3 Å². The zero-order valence-corrected chi connectivity index (χ0v) is 13.8. The van der Waals surface area contributed by atoms with E-state index in [1.54, 1.807) is 37.3 Å². The Morgan fingerprint density at radius 2 is 1.91 bits per heavy atom. The summed E-state index contributed by atoms with van der Waals surface area (Å²) in [6.45, 7) is -1.52. The summed E-state index contributed by atoms with van der Waals surface area (Å²) >= 11 is 3.30. The maximum absolute atomic E-state index is 12.3. The molecule has 1 N–H and O–H groups in total. The van der Waals surface area contributed by atoms with Gasteiger partial charge in [0.1, 0.15) is 11.5 Å². The molecule has 0 bridgehead atoms. The Bertz CT molecular complexity index is 678. The van der Waals surface area contributed by atoms with Gasteiger partial charge in [-0.25, -0.2) is 0 Å². The Labute approximate surface area is 140 Å². The van der Waals surface area contributed by atoms with Crippen LogP contribution in [0.5, 0.6) is 11.5 Å². The van der Waals surface area contributed by atoms with Crippen LogP contribution in [0.3, 0.4) is 0 Å². The SMILES string of the molecule is Cc1c(NC(=O)COc2ccc(Br)cc2)cccc1OC(F)F. The summed E-state index contributed by atoms with van der Waals surface area (Å²) in [6.07, 6.45) is 0. The highest BCUT2D eigenvalue weighted by molar-refractivity contribution is 9.10. The molecule has 2 aromatic rings. The van der Waals surface area contributed by atoms with Crippen molar-refractivity contribution in [2.45, 2.75) is 13.5 Å². The van der Waals surface area contributed by atoms with Gasteiger partial charge < -0.3 is 14.8 Å². The van der Waals surface area contributed by atoms with Crippen LogP contribution in [0.4, 0.5) is 14.5 Å². The first kappa shape index (κ1) is 17.2. The Kier molecular flexibility index (Phi) is 5.92. The molecule has 0 unspecified atom stereocenters. The van der Waals surface area contributed by atoms with Crippen molar-refractivity contribution in [3.63, 3.8) is 0 Å². The standard InChI is InChI=1S/C16H14BrF2NO3/c1-10-13(3-2-4-14(10)23-16(18)19)20-15(21)9-22-12-7-5-11(17)6-8-12/h2-8,16H,9H2,1H3,(H,20,21). The van der Waals surface area contributed by atoms with Crippen molar-refractivity contribution < 1.29 is 23.0 Å². The molecule has 0 saturated carbocycles. The Morgan fingerprint density at radius 1 is 1.22 bits per heavy atom. The third kappa shape index (κ3) is 5.21. The molecule has 0 aliphatic heterocycles. The third-order valence-electron chi connectivity index (χ3n) is 2.96. The molecule has 0 aliphatic rings. The first-order valence-electron chi connectivity index (χ1n) is 6.68. The van der Waals surface area contributed by atoms with Crippen LogP contribution in [0, 0.1) is 6.92 Å². The summed E-state index contributed by atoms with van der Waals surface area (Å²) in [4.78, 5) is 11.9. The highest BCUT2D eigenvalue weighted by Gasteiger charge is 2.12. The van der Waals surface area contributed by atoms with Gasteiger partial charge in [0, 0.05) is 15.7 Å². The van der Waals surface area contributed by atoms with E-state index in [9.17, 15) is 13.6 Å². The van der Waals surface area contributed by atoms with Crippen molar-refractivity contribution in [2.75, 3.05) is 11.9 Å². The molecule has 0 radical (unpaired) electrons. The van der Waals surface area contributed by atoms with Gasteiger partial charge in [-0.15, -0.1) is 0 Å².